The Morgan fingerprint density at radius 2 is 1.71 bits per heavy atom. The third-order valence-corrected chi connectivity index (χ3v) is 2.46. The molecule has 0 radical (unpaired) electrons. The summed E-state index contributed by atoms with van der Waals surface area (Å²) in [5, 5.41) is 13.3. The summed E-state index contributed by atoms with van der Waals surface area (Å²) in [4.78, 5) is 7.99. The Kier molecular flexibility index (Phi) is 4.60. The number of halogens is 2. The lowest BCUT2D eigenvalue weighted by Crippen LogP contribution is -1.92. The zero-order valence-electron chi connectivity index (χ0n) is 11.4. The Bertz CT molecular complexity index is 714. The topological polar surface area (TPSA) is 80.2 Å². The van der Waals surface area contributed by atoms with Crippen molar-refractivity contribution in [2.45, 2.75) is 13.8 Å². The predicted octanol–water partition coefficient (Wildman–Crippen LogP) is 2.63. The quantitative estimate of drug-likeness (QED) is 0.784. The van der Waals surface area contributed by atoms with E-state index >= 15 is 0 Å². The molecule has 108 valence electrons. The van der Waals surface area contributed by atoms with Crippen LogP contribution in [-0.2, 0) is 0 Å². The van der Waals surface area contributed by atoms with Gasteiger partial charge in [0, 0.05) is 5.56 Å². The lowest BCUT2D eigenvalue weighted by atomic mass is 10.1. The van der Waals surface area contributed by atoms with Gasteiger partial charge in [0.05, 0.1) is 5.69 Å². The van der Waals surface area contributed by atoms with Gasteiger partial charge in [0.25, 0.3) is 0 Å². The number of aromatic nitrogens is 6. The maximum Gasteiger partial charge on any atom is 0.223 e. The number of nitrogens with one attached hydrogen (secondary N) is 1. The Balaban J connectivity index is 0.000000774. The van der Waals surface area contributed by atoms with Crippen LogP contribution in [0.1, 0.15) is 13.8 Å². The number of rotatable bonds is 2. The highest BCUT2D eigenvalue weighted by Gasteiger charge is 2.09. The van der Waals surface area contributed by atoms with Crippen molar-refractivity contribution in [2.75, 3.05) is 0 Å². The third kappa shape index (κ3) is 3.22. The van der Waals surface area contributed by atoms with Crippen molar-refractivity contribution in [3.05, 3.63) is 42.2 Å². The molecular weight excluding hydrogens is 278 g/mol. The zero-order valence-corrected chi connectivity index (χ0v) is 11.4. The molecule has 3 aromatic rings. The molecule has 0 aliphatic heterocycles. The van der Waals surface area contributed by atoms with E-state index in [1.54, 1.807) is 6.07 Å². The molecule has 0 amide bonds. The summed E-state index contributed by atoms with van der Waals surface area (Å²) >= 11 is 0. The Morgan fingerprint density at radius 1 is 0.952 bits per heavy atom. The van der Waals surface area contributed by atoms with Crippen molar-refractivity contribution in [1.29, 1.82) is 0 Å². The van der Waals surface area contributed by atoms with Crippen molar-refractivity contribution in [3.8, 4) is 22.8 Å². The first-order valence-electron chi connectivity index (χ1n) is 6.25. The van der Waals surface area contributed by atoms with Crippen LogP contribution in [0.25, 0.3) is 22.8 Å². The van der Waals surface area contributed by atoms with Gasteiger partial charge in [-0.15, -0.1) is 10.2 Å². The normalized spacial score (nSPS) is 9.90. The molecule has 1 aromatic carbocycles. The second-order valence-corrected chi connectivity index (χ2v) is 3.65. The predicted molar refractivity (Wildman–Crippen MR) is 71.9 cm³/mol. The molecule has 2 heterocycles. The second-order valence-electron chi connectivity index (χ2n) is 3.65. The van der Waals surface area contributed by atoms with E-state index in [-0.39, 0.29) is 0 Å². The molecule has 0 bridgehead atoms. The highest BCUT2D eigenvalue weighted by molar-refractivity contribution is 5.63. The van der Waals surface area contributed by atoms with Gasteiger partial charge in [-0.2, -0.15) is 5.21 Å². The molecule has 6 nitrogen and oxygen atoms in total. The number of hydrogen-bond donors (Lipinski definition) is 1. The summed E-state index contributed by atoms with van der Waals surface area (Å²) in [6.45, 7) is 4.00. The standard InChI is InChI=1S/C11H6F2N6.C2H6/c12-7-2-1-6(3-8(7)13)9-4-10(15-5-14-9)11-16-18-19-17-11;1-2/h1-5H,(H,16,17,18,19);1-2H3. The van der Waals surface area contributed by atoms with Gasteiger partial charge in [0.1, 0.15) is 12.0 Å². The summed E-state index contributed by atoms with van der Waals surface area (Å²) in [6.07, 6.45) is 1.29. The zero-order chi connectivity index (χ0) is 15.2. The molecule has 0 atom stereocenters. The third-order valence-electron chi connectivity index (χ3n) is 2.46. The minimum absolute atomic E-state index is 0.297. The van der Waals surface area contributed by atoms with Crippen molar-refractivity contribution in [2.24, 2.45) is 0 Å². The van der Waals surface area contributed by atoms with Crippen LogP contribution in [0.4, 0.5) is 8.78 Å². The van der Waals surface area contributed by atoms with Crippen LogP contribution in [0.3, 0.4) is 0 Å². The van der Waals surface area contributed by atoms with Crippen molar-refractivity contribution >= 4 is 0 Å². The van der Waals surface area contributed by atoms with Crippen LogP contribution in [0.15, 0.2) is 30.6 Å². The van der Waals surface area contributed by atoms with Gasteiger partial charge in [-0.05, 0) is 29.5 Å². The molecule has 0 fully saturated rings. The van der Waals surface area contributed by atoms with Gasteiger partial charge in [0.2, 0.25) is 5.82 Å². The summed E-state index contributed by atoms with van der Waals surface area (Å²) in [5.74, 6) is -1.54. The number of nitrogens with zero attached hydrogens (tertiary/aromatic N) is 5. The fourth-order valence-corrected chi connectivity index (χ4v) is 1.56. The summed E-state index contributed by atoms with van der Waals surface area (Å²) in [5.41, 5.74) is 1.31. The van der Waals surface area contributed by atoms with Crippen LogP contribution in [0, 0.1) is 11.6 Å². The van der Waals surface area contributed by atoms with Crippen molar-refractivity contribution in [1.82, 2.24) is 30.6 Å². The number of hydrogen-bond acceptors (Lipinski definition) is 5. The largest absolute Gasteiger partial charge is 0.236 e. The number of benzene rings is 1. The average molecular weight is 290 g/mol. The van der Waals surface area contributed by atoms with Gasteiger partial charge in [-0.1, -0.05) is 13.8 Å². The van der Waals surface area contributed by atoms with E-state index in [0.717, 1.165) is 12.1 Å². The fourth-order valence-electron chi connectivity index (χ4n) is 1.56. The summed E-state index contributed by atoms with van der Waals surface area (Å²) < 4.78 is 26.1. The fraction of sp³-hybridized carbons (Fsp3) is 0.154. The molecule has 0 saturated heterocycles. The lowest BCUT2D eigenvalue weighted by Gasteiger charge is -2.02. The first-order chi connectivity index (χ1) is 10.2. The SMILES string of the molecule is CC.Fc1ccc(-c2cc(-c3nn[nH]n3)ncn2)cc1F. The monoisotopic (exact) mass is 290 g/mol. The van der Waals surface area contributed by atoms with E-state index in [9.17, 15) is 8.78 Å². The molecule has 3 rings (SSSR count). The minimum Gasteiger partial charge on any atom is -0.236 e. The van der Waals surface area contributed by atoms with Gasteiger partial charge in [-0.25, -0.2) is 18.7 Å². The van der Waals surface area contributed by atoms with Crippen LogP contribution in [-0.4, -0.2) is 30.6 Å². The number of aromatic amines is 1. The van der Waals surface area contributed by atoms with E-state index in [1.807, 2.05) is 13.8 Å². The highest BCUT2D eigenvalue weighted by Crippen LogP contribution is 2.21. The maximum atomic E-state index is 13.2. The van der Waals surface area contributed by atoms with E-state index < -0.39 is 11.6 Å². The van der Waals surface area contributed by atoms with Crippen LogP contribution in [0.2, 0.25) is 0 Å². The molecule has 0 aliphatic rings. The van der Waals surface area contributed by atoms with Gasteiger partial charge in [0.15, 0.2) is 11.6 Å². The molecule has 2 aromatic heterocycles. The van der Waals surface area contributed by atoms with E-state index in [4.69, 9.17) is 0 Å². The van der Waals surface area contributed by atoms with Crippen molar-refractivity contribution < 1.29 is 8.78 Å². The highest BCUT2D eigenvalue weighted by atomic mass is 19.2. The maximum absolute atomic E-state index is 13.2. The molecule has 0 aliphatic carbocycles. The van der Waals surface area contributed by atoms with Gasteiger partial charge < -0.3 is 0 Å². The first-order valence-corrected chi connectivity index (χ1v) is 6.25. The van der Waals surface area contributed by atoms with Gasteiger partial charge >= 0.3 is 0 Å². The Hall–Kier alpha value is -2.77. The Labute approximate surface area is 119 Å². The molecule has 0 unspecified atom stereocenters. The molecule has 0 saturated carbocycles. The molecule has 1 N–H and O–H groups in total. The van der Waals surface area contributed by atoms with E-state index in [1.165, 1.54) is 12.4 Å². The van der Waals surface area contributed by atoms with Crippen LogP contribution < -0.4 is 0 Å². The molecule has 0 spiro atoms. The first kappa shape index (κ1) is 14.6. The average Bonchev–Trinajstić information content (AvgIpc) is 3.07. The second kappa shape index (κ2) is 6.60. The smallest absolute Gasteiger partial charge is 0.223 e. The van der Waals surface area contributed by atoms with Crippen LogP contribution >= 0.6 is 0 Å². The van der Waals surface area contributed by atoms with Crippen molar-refractivity contribution in [3.63, 3.8) is 0 Å². The molecule has 8 heteroatoms. The number of tetrazole rings is 1. The van der Waals surface area contributed by atoms with Crippen LogP contribution in [0.5, 0.6) is 0 Å². The van der Waals surface area contributed by atoms with E-state index in [0.29, 0.717) is 22.8 Å². The minimum atomic E-state index is -0.933. The molecular formula is C13H12F2N6. The summed E-state index contributed by atoms with van der Waals surface area (Å²) in [7, 11) is 0. The van der Waals surface area contributed by atoms with E-state index in [2.05, 4.69) is 30.6 Å². The summed E-state index contributed by atoms with van der Waals surface area (Å²) in [6, 6.07) is 5.11. The lowest BCUT2D eigenvalue weighted by molar-refractivity contribution is 0.509. The van der Waals surface area contributed by atoms with Gasteiger partial charge in [-0.3, -0.25) is 0 Å². The Morgan fingerprint density at radius 3 is 2.38 bits per heavy atom. The number of H-pyrrole nitrogens is 1. The molecule has 21 heavy (non-hydrogen) atoms.